The number of aromatic nitrogens is 1. The number of carbonyl (C=O) groups is 3. The average Bonchev–Trinajstić information content (AvgIpc) is 3.35. The van der Waals surface area contributed by atoms with E-state index in [4.69, 9.17) is 0 Å². The van der Waals surface area contributed by atoms with Crippen LogP contribution in [0.3, 0.4) is 0 Å². The van der Waals surface area contributed by atoms with Crippen molar-refractivity contribution in [3.63, 3.8) is 0 Å². The zero-order valence-corrected chi connectivity index (χ0v) is 22.7. The number of hydrogen-bond acceptors (Lipinski definition) is 4. The highest BCUT2D eigenvalue weighted by molar-refractivity contribution is 6.25. The summed E-state index contributed by atoms with van der Waals surface area (Å²) in [5.41, 5.74) is 3.77. The molecule has 2 aliphatic heterocycles. The Morgan fingerprint density at radius 3 is 2.18 bits per heavy atom. The molecule has 3 aromatic carbocycles. The highest BCUT2D eigenvalue weighted by atomic mass is 16.2. The summed E-state index contributed by atoms with van der Waals surface area (Å²) in [7, 11) is 0. The van der Waals surface area contributed by atoms with Crippen LogP contribution in [0.2, 0.25) is 0 Å². The van der Waals surface area contributed by atoms with E-state index in [-0.39, 0.29) is 23.3 Å². The molecule has 0 saturated carbocycles. The maximum absolute atomic E-state index is 13.2. The highest BCUT2D eigenvalue weighted by Gasteiger charge is 2.33. The van der Waals surface area contributed by atoms with E-state index in [0.717, 1.165) is 47.6 Å². The number of rotatable bonds is 5. The number of amides is 3. The van der Waals surface area contributed by atoms with Gasteiger partial charge in [0.1, 0.15) is 0 Å². The minimum absolute atomic E-state index is 0.0560. The molecule has 2 aliphatic rings. The van der Waals surface area contributed by atoms with Crippen LogP contribution in [0.25, 0.3) is 21.7 Å². The number of likely N-dealkylation sites (tertiary alicyclic amines) is 1. The van der Waals surface area contributed by atoms with E-state index in [9.17, 15) is 14.4 Å². The molecule has 6 rings (SSSR count). The molecule has 4 aromatic rings. The fourth-order valence-electron chi connectivity index (χ4n) is 6.12. The van der Waals surface area contributed by atoms with Crippen LogP contribution in [0.5, 0.6) is 0 Å². The van der Waals surface area contributed by atoms with Gasteiger partial charge in [-0.2, -0.15) is 0 Å². The van der Waals surface area contributed by atoms with Crippen LogP contribution in [0.4, 0.5) is 0 Å². The zero-order valence-electron chi connectivity index (χ0n) is 22.7. The lowest BCUT2D eigenvalue weighted by Gasteiger charge is -2.34. The van der Waals surface area contributed by atoms with Gasteiger partial charge < -0.3 is 15.2 Å². The molecule has 7 heteroatoms. The van der Waals surface area contributed by atoms with Crippen molar-refractivity contribution in [1.29, 1.82) is 0 Å². The summed E-state index contributed by atoms with van der Waals surface area (Å²) < 4.78 is 0. The van der Waals surface area contributed by atoms with Gasteiger partial charge in [-0.05, 0) is 87.8 Å². The molecule has 0 bridgehead atoms. The summed E-state index contributed by atoms with van der Waals surface area (Å²) >= 11 is 0. The zero-order chi connectivity index (χ0) is 27.3. The fourth-order valence-corrected chi connectivity index (χ4v) is 6.12. The van der Waals surface area contributed by atoms with E-state index in [1.54, 1.807) is 0 Å². The molecule has 2 N–H and O–H groups in total. The molecular weight excluding hydrogens is 488 g/mol. The Kier molecular flexibility index (Phi) is 6.26. The van der Waals surface area contributed by atoms with Crippen molar-refractivity contribution >= 4 is 39.4 Å². The summed E-state index contributed by atoms with van der Waals surface area (Å²) in [6.07, 6.45) is 3.96. The molecule has 0 unspecified atom stereocenters. The first-order chi connectivity index (χ1) is 18.7. The second-order valence-electron chi connectivity index (χ2n) is 11.8. The van der Waals surface area contributed by atoms with Gasteiger partial charge in [-0.3, -0.25) is 19.3 Å². The molecule has 0 aliphatic carbocycles. The number of nitrogens with one attached hydrogen (secondary N) is 2. The minimum atomic E-state index is -0.313. The predicted molar refractivity (Wildman–Crippen MR) is 153 cm³/mol. The van der Waals surface area contributed by atoms with E-state index in [1.165, 1.54) is 10.5 Å². The lowest BCUT2D eigenvalue weighted by Crippen LogP contribution is -2.45. The quantitative estimate of drug-likeness (QED) is 0.347. The van der Waals surface area contributed by atoms with E-state index in [2.05, 4.69) is 21.4 Å². The van der Waals surface area contributed by atoms with Crippen molar-refractivity contribution in [1.82, 2.24) is 20.1 Å². The molecule has 1 aromatic heterocycles. The van der Waals surface area contributed by atoms with Gasteiger partial charge >= 0.3 is 0 Å². The monoisotopic (exact) mass is 522 g/mol. The first-order valence-corrected chi connectivity index (χ1v) is 13.7. The Morgan fingerprint density at radius 1 is 0.897 bits per heavy atom. The van der Waals surface area contributed by atoms with Crippen molar-refractivity contribution in [3.05, 3.63) is 83.0 Å². The summed E-state index contributed by atoms with van der Waals surface area (Å²) in [6.45, 7) is 8.73. The number of imide groups is 1. The highest BCUT2D eigenvalue weighted by Crippen LogP contribution is 2.35. The number of hydrogen-bond donors (Lipinski definition) is 2. The molecule has 0 radical (unpaired) electrons. The van der Waals surface area contributed by atoms with Gasteiger partial charge in [0, 0.05) is 57.8 Å². The second kappa shape index (κ2) is 9.65. The second-order valence-corrected chi connectivity index (χ2v) is 11.8. The fraction of sp³-hybridized carbons (Fsp3) is 0.344. The maximum atomic E-state index is 13.2. The molecule has 200 valence electrons. The Labute approximate surface area is 228 Å². The van der Waals surface area contributed by atoms with Gasteiger partial charge in [0.05, 0.1) is 0 Å². The number of fused-ring (bicyclic) bond motifs is 1. The lowest BCUT2D eigenvalue weighted by molar-refractivity contribution is 0.0585. The number of nitrogens with zero attached hydrogens (tertiary/aromatic N) is 2. The SMILES string of the molecule is CC(C)(C)NC(=O)c1cccc2[nH]cc(C3CCN(CCN4C(=O)c5cccc6cccc(c56)C4=O)CC3)c12. The van der Waals surface area contributed by atoms with Crippen LogP contribution in [-0.4, -0.2) is 64.2 Å². The molecule has 39 heavy (non-hydrogen) atoms. The Bertz CT molecular complexity index is 1550. The van der Waals surface area contributed by atoms with Gasteiger partial charge in [-0.15, -0.1) is 0 Å². The number of benzene rings is 3. The molecule has 0 atom stereocenters. The van der Waals surface area contributed by atoms with Crippen molar-refractivity contribution in [2.24, 2.45) is 0 Å². The standard InChI is InChI=1S/C32H34N4O3/c1-32(2,3)34-29(37)22-9-6-12-26-28(22)25(19-33-26)20-13-15-35(16-14-20)17-18-36-30(38)23-10-4-7-21-8-5-11-24(27(21)23)31(36)39/h4-12,19-20,33H,13-18H2,1-3H3,(H,34,37). The summed E-state index contributed by atoms with van der Waals surface area (Å²) in [5, 5.41) is 5.80. The first-order valence-electron chi connectivity index (χ1n) is 13.7. The molecule has 1 saturated heterocycles. The van der Waals surface area contributed by atoms with Crippen LogP contribution in [0.15, 0.2) is 60.8 Å². The predicted octanol–water partition coefficient (Wildman–Crippen LogP) is 5.33. The van der Waals surface area contributed by atoms with Crippen LogP contribution in [0.1, 0.15) is 76.2 Å². The molecule has 3 heterocycles. The van der Waals surface area contributed by atoms with Crippen molar-refractivity contribution in [2.45, 2.75) is 45.1 Å². The summed E-state index contributed by atoms with van der Waals surface area (Å²) in [5.74, 6) is -0.140. The summed E-state index contributed by atoms with van der Waals surface area (Å²) in [6, 6.07) is 17.1. The molecule has 1 fully saturated rings. The topological polar surface area (TPSA) is 85.5 Å². The third-order valence-corrected chi connectivity index (χ3v) is 7.99. The maximum Gasteiger partial charge on any atom is 0.261 e. The molecule has 0 spiro atoms. The van der Waals surface area contributed by atoms with Crippen LogP contribution < -0.4 is 5.32 Å². The average molecular weight is 523 g/mol. The third-order valence-electron chi connectivity index (χ3n) is 7.99. The van der Waals surface area contributed by atoms with Gasteiger partial charge in [0.2, 0.25) is 0 Å². The third kappa shape index (κ3) is 4.61. The van der Waals surface area contributed by atoms with Gasteiger partial charge in [-0.25, -0.2) is 0 Å². The van der Waals surface area contributed by atoms with Crippen molar-refractivity contribution in [2.75, 3.05) is 26.2 Å². The van der Waals surface area contributed by atoms with E-state index in [0.29, 0.717) is 35.7 Å². The van der Waals surface area contributed by atoms with E-state index >= 15 is 0 Å². The molecule has 3 amide bonds. The number of aromatic amines is 1. The summed E-state index contributed by atoms with van der Waals surface area (Å²) in [4.78, 5) is 46.7. The van der Waals surface area contributed by atoms with Gasteiger partial charge in [0.25, 0.3) is 17.7 Å². The number of carbonyl (C=O) groups excluding carboxylic acids is 3. The normalized spacial score (nSPS) is 16.8. The van der Waals surface area contributed by atoms with Gasteiger partial charge in [-0.1, -0.05) is 30.3 Å². The largest absolute Gasteiger partial charge is 0.361 e. The first kappa shape index (κ1) is 25.3. The van der Waals surface area contributed by atoms with Gasteiger partial charge in [0.15, 0.2) is 0 Å². The Hall–Kier alpha value is -3.97. The van der Waals surface area contributed by atoms with Crippen molar-refractivity contribution in [3.8, 4) is 0 Å². The van der Waals surface area contributed by atoms with E-state index in [1.807, 2.05) is 75.4 Å². The molecular formula is C32H34N4O3. The Morgan fingerprint density at radius 2 is 1.54 bits per heavy atom. The lowest BCUT2D eigenvalue weighted by atomic mass is 9.87. The minimum Gasteiger partial charge on any atom is -0.361 e. The molecule has 7 nitrogen and oxygen atoms in total. The van der Waals surface area contributed by atoms with Crippen molar-refractivity contribution < 1.29 is 14.4 Å². The number of H-pyrrole nitrogens is 1. The van der Waals surface area contributed by atoms with Crippen LogP contribution in [0, 0.1) is 0 Å². The smallest absolute Gasteiger partial charge is 0.261 e. The van der Waals surface area contributed by atoms with E-state index < -0.39 is 0 Å². The van der Waals surface area contributed by atoms with Crippen LogP contribution >= 0.6 is 0 Å². The van der Waals surface area contributed by atoms with Crippen LogP contribution in [-0.2, 0) is 0 Å². The number of piperidine rings is 1. The Balaban J connectivity index is 1.14.